The number of anilines is 1. The van der Waals surface area contributed by atoms with Gasteiger partial charge in [0.15, 0.2) is 0 Å². The third-order valence-corrected chi connectivity index (χ3v) is 4.31. The van der Waals surface area contributed by atoms with Crippen molar-refractivity contribution in [1.29, 1.82) is 0 Å². The summed E-state index contributed by atoms with van der Waals surface area (Å²) in [7, 11) is 1.53. The van der Waals surface area contributed by atoms with Gasteiger partial charge in [0.25, 0.3) is 0 Å². The fraction of sp³-hybridized carbons (Fsp3) is 0.278. The van der Waals surface area contributed by atoms with Crippen LogP contribution in [0.25, 0.3) is 0 Å². The molecule has 1 atom stereocenters. The molecule has 1 aliphatic heterocycles. The molecule has 3 nitrogen and oxygen atoms in total. The number of carbonyl (C=O) groups is 1. The smallest absolute Gasteiger partial charge is 0.416 e. The van der Waals surface area contributed by atoms with Gasteiger partial charge >= 0.3 is 6.18 Å². The summed E-state index contributed by atoms with van der Waals surface area (Å²) >= 11 is 0. The molecule has 0 aromatic heterocycles. The number of amides is 1. The Bertz CT molecular complexity index is 799. The minimum Gasteiger partial charge on any atom is -0.496 e. The molecular weight excluding hydrogens is 319 g/mol. The Morgan fingerprint density at radius 3 is 2.62 bits per heavy atom. The maximum Gasteiger partial charge on any atom is 0.416 e. The molecule has 1 N–H and O–H groups in total. The second kappa shape index (κ2) is 5.85. The van der Waals surface area contributed by atoms with Gasteiger partial charge < -0.3 is 10.1 Å². The minimum absolute atomic E-state index is 0.111. The summed E-state index contributed by atoms with van der Waals surface area (Å²) in [4.78, 5) is 12.1. The Labute approximate surface area is 137 Å². The number of nitrogens with one attached hydrogen (secondary N) is 1. The molecule has 0 aliphatic carbocycles. The number of methoxy groups -OCH3 is 1. The van der Waals surface area contributed by atoms with E-state index in [2.05, 4.69) is 5.32 Å². The van der Waals surface area contributed by atoms with Crippen molar-refractivity contribution in [3.05, 3.63) is 58.7 Å². The Kier molecular flexibility index (Phi) is 3.99. The van der Waals surface area contributed by atoms with E-state index in [1.807, 2.05) is 6.92 Å². The molecule has 1 aliphatic rings. The molecule has 0 bridgehead atoms. The van der Waals surface area contributed by atoms with Gasteiger partial charge in [-0.1, -0.05) is 24.3 Å². The maximum atomic E-state index is 13.0. The van der Waals surface area contributed by atoms with Crippen LogP contribution in [0.4, 0.5) is 18.9 Å². The lowest BCUT2D eigenvalue weighted by atomic mass is 9.83. The van der Waals surface area contributed by atoms with Crippen molar-refractivity contribution >= 4 is 11.6 Å². The summed E-state index contributed by atoms with van der Waals surface area (Å²) in [5, 5.41) is 2.81. The lowest BCUT2D eigenvalue weighted by Gasteiger charge is -2.28. The average Bonchev–Trinajstić information content (AvgIpc) is 2.54. The molecule has 0 radical (unpaired) electrons. The van der Waals surface area contributed by atoms with Gasteiger partial charge in [0.1, 0.15) is 5.75 Å². The third-order valence-electron chi connectivity index (χ3n) is 4.31. The molecule has 0 saturated heterocycles. The number of halogens is 3. The van der Waals surface area contributed by atoms with Gasteiger partial charge in [0, 0.05) is 17.9 Å². The van der Waals surface area contributed by atoms with Crippen LogP contribution < -0.4 is 10.1 Å². The Hall–Kier alpha value is -2.50. The largest absolute Gasteiger partial charge is 0.496 e. The highest BCUT2D eigenvalue weighted by Crippen LogP contribution is 2.42. The van der Waals surface area contributed by atoms with Crippen LogP contribution in [-0.4, -0.2) is 13.0 Å². The number of benzene rings is 2. The van der Waals surface area contributed by atoms with E-state index in [0.29, 0.717) is 17.0 Å². The molecule has 0 saturated carbocycles. The number of alkyl halides is 3. The Balaban J connectivity index is 2.11. The summed E-state index contributed by atoms with van der Waals surface area (Å²) < 4.78 is 44.2. The first-order chi connectivity index (χ1) is 11.3. The molecule has 0 spiro atoms. The summed E-state index contributed by atoms with van der Waals surface area (Å²) in [6, 6.07) is 8.72. The van der Waals surface area contributed by atoms with Crippen LogP contribution in [0.2, 0.25) is 0 Å². The molecule has 24 heavy (non-hydrogen) atoms. The van der Waals surface area contributed by atoms with Crippen molar-refractivity contribution < 1.29 is 22.7 Å². The maximum absolute atomic E-state index is 13.0. The monoisotopic (exact) mass is 335 g/mol. The number of fused-ring (bicyclic) bond motifs is 1. The van der Waals surface area contributed by atoms with Crippen molar-refractivity contribution in [2.45, 2.75) is 25.4 Å². The SMILES string of the molecule is COc1ccc2c(c1C)NC(=O)CC2c1cccc(C(F)(F)F)c1. The molecular formula is C18H16F3NO2. The van der Waals surface area contributed by atoms with Crippen LogP contribution >= 0.6 is 0 Å². The van der Waals surface area contributed by atoms with Crippen molar-refractivity contribution in [3.8, 4) is 5.75 Å². The lowest BCUT2D eigenvalue weighted by molar-refractivity contribution is -0.137. The molecule has 1 heterocycles. The second-order valence-electron chi connectivity index (χ2n) is 5.79. The van der Waals surface area contributed by atoms with Crippen molar-refractivity contribution in [2.24, 2.45) is 0 Å². The van der Waals surface area contributed by atoms with Crippen LogP contribution in [0.15, 0.2) is 36.4 Å². The first-order valence-corrected chi connectivity index (χ1v) is 7.45. The first kappa shape index (κ1) is 16.4. The van der Waals surface area contributed by atoms with Crippen molar-refractivity contribution in [2.75, 3.05) is 12.4 Å². The Morgan fingerprint density at radius 2 is 1.96 bits per heavy atom. The van der Waals surface area contributed by atoms with E-state index in [4.69, 9.17) is 4.74 Å². The molecule has 0 fully saturated rings. The normalized spacial score (nSPS) is 17.2. The lowest BCUT2D eigenvalue weighted by Crippen LogP contribution is -2.24. The van der Waals surface area contributed by atoms with Gasteiger partial charge in [-0.3, -0.25) is 4.79 Å². The van der Waals surface area contributed by atoms with Crippen molar-refractivity contribution in [3.63, 3.8) is 0 Å². The zero-order valence-electron chi connectivity index (χ0n) is 13.2. The number of rotatable bonds is 2. The molecule has 2 aromatic rings. The van der Waals surface area contributed by atoms with Gasteiger partial charge in [0.2, 0.25) is 5.91 Å². The molecule has 6 heteroatoms. The highest BCUT2D eigenvalue weighted by molar-refractivity contribution is 5.96. The number of hydrogen-bond donors (Lipinski definition) is 1. The fourth-order valence-electron chi connectivity index (χ4n) is 3.11. The van der Waals surface area contributed by atoms with Gasteiger partial charge in [-0.05, 0) is 30.2 Å². The zero-order valence-corrected chi connectivity index (χ0v) is 13.2. The van der Waals surface area contributed by atoms with E-state index < -0.39 is 17.7 Å². The van der Waals surface area contributed by atoms with E-state index in [9.17, 15) is 18.0 Å². The molecule has 1 amide bonds. The standard InChI is InChI=1S/C18H16F3NO2/c1-10-15(24-2)7-6-13-14(9-16(23)22-17(10)13)11-4-3-5-12(8-11)18(19,20)21/h3-8,14H,9H2,1-2H3,(H,22,23). The fourth-order valence-corrected chi connectivity index (χ4v) is 3.11. The number of carbonyl (C=O) groups excluding carboxylic acids is 1. The molecule has 3 rings (SSSR count). The number of ether oxygens (including phenoxy) is 1. The Morgan fingerprint density at radius 1 is 1.21 bits per heavy atom. The molecule has 126 valence electrons. The van der Waals surface area contributed by atoms with Crippen LogP contribution in [0.5, 0.6) is 5.75 Å². The van der Waals surface area contributed by atoms with Gasteiger partial charge in [-0.15, -0.1) is 0 Å². The summed E-state index contributed by atoms with van der Waals surface area (Å²) in [6.07, 6.45) is -4.30. The quantitative estimate of drug-likeness (QED) is 0.878. The predicted octanol–water partition coefficient (Wildman–Crippen LogP) is 4.50. The van der Waals surface area contributed by atoms with Gasteiger partial charge in [0.05, 0.1) is 18.4 Å². The van der Waals surface area contributed by atoms with E-state index in [1.165, 1.54) is 13.2 Å². The summed E-state index contributed by atoms with van der Waals surface area (Å²) in [6.45, 7) is 1.81. The van der Waals surface area contributed by atoms with Crippen LogP contribution in [0.3, 0.4) is 0 Å². The van der Waals surface area contributed by atoms with Gasteiger partial charge in [-0.25, -0.2) is 0 Å². The third kappa shape index (κ3) is 2.84. The van der Waals surface area contributed by atoms with E-state index >= 15 is 0 Å². The summed E-state index contributed by atoms with van der Waals surface area (Å²) in [5.74, 6) is -0.0133. The topological polar surface area (TPSA) is 38.3 Å². The second-order valence-corrected chi connectivity index (χ2v) is 5.79. The van der Waals surface area contributed by atoms with E-state index in [-0.39, 0.29) is 12.3 Å². The minimum atomic E-state index is -4.41. The number of hydrogen-bond acceptors (Lipinski definition) is 2. The summed E-state index contributed by atoms with van der Waals surface area (Å²) in [5.41, 5.74) is 1.95. The van der Waals surface area contributed by atoms with Gasteiger partial charge in [-0.2, -0.15) is 13.2 Å². The van der Waals surface area contributed by atoms with Crippen LogP contribution in [-0.2, 0) is 11.0 Å². The van der Waals surface area contributed by atoms with E-state index in [1.54, 1.807) is 18.2 Å². The average molecular weight is 335 g/mol. The highest BCUT2D eigenvalue weighted by Gasteiger charge is 2.33. The molecule has 2 aromatic carbocycles. The zero-order chi connectivity index (χ0) is 17.5. The van der Waals surface area contributed by atoms with Crippen LogP contribution in [0, 0.1) is 6.92 Å². The van der Waals surface area contributed by atoms with E-state index in [0.717, 1.165) is 23.3 Å². The van der Waals surface area contributed by atoms with Crippen LogP contribution in [0.1, 0.15) is 34.6 Å². The first-order valence-electron chi connectivity index (χ1n) is 7.45. The molecule has 1 unspecified atom stereocenters. The highest BCUT2D eigenvalue weighted by atomic mass is 19.4. The predicted molar refractivity (Wildman–Crippen MR) is 84.3 cm³/mol. The van der Waals surface area contributed by atoms with Crippen molar-refractivity contribution in [1.82, 2.24) is 0 Å².